The first-order chi connectivity index (χ1) is 23.6. The number of nitrogens with two attached hydrogens (primary N) is 1. The molecule has 3 aromatic carbocycles. The summed E-state index contributed by atoms with van der Waals surface area (Å²) in [6.07, 6.45) is -5.76. The van der Waals surface area contributed by atoms with E-state index in [-0.39, 0.29) is 46.2 Å². The maximum Gasteiger partial charge on any atom is 0.351 e. The minimum Gasteiger partial charge on any atom is -0.508 e. The predicted octanol–water partition coefficient (Wildman–Crippen LogP) is -0.330. The Morgan fingerprint density at radius 3 is 2.04 bits per heavy atom. The number of phenols is 8. The lowest BCUT2D eigenvalue weighted by atomic mass is 9.93. The van der Waals surface area contributed by atoms with Crippen molar-refractivity contribution in [1.82, 2.24) is 9.55 Å². The molecule has 4 aromatic rings. The van der Waals surface area contributed by atoms with Crippen molar-refractivity contribution in [2.24, 2.45) is 0 Å². The molecular weight excluding hydrogens is 670 g/mol. The molecule has 3 heterocycles. The highest BCUT2D eigenvalue weighted by molar-refractivity contribution is 5.91. The van der Waals surface area contributed by atoms with E-state index < -0.39 is 89.5 Å². The van der Waals surface area contributed by atoms with Gasteiger partial charge in [0, 0.05) is 35.9 Å². The number of ether oxygens (including phenoxy) is 3. The van der Waals surface area contributed by atoms with Gasteiger partial charge in [-0.15, -0.1) is 0 Å². The van der Waals surface area contributed by atoms with Gasteiger partial charge in [0.1, 0.15) is 47.5 Å². The van der Waals surface area contributed by atoms with Gasteiger partial charge in [0.15, 0.2) is 46.8 Å². The van der Waals surface area contributed by atoms with Crippen LogP contribution in [0.25, 0.3) is 0 Å². The normalized spacial score (nSPS) is 22.5. The van der Waals surface area contributed by atoms with E-state index in [4.69, 9.17) is 25.1 Å². The second-order valence-electron chi connectivity index (χ2n) is 11.2. The van der Waals surface area contributed by atoms with Crippen LogP contribution in [0.1, 0.15) is 33.8 Å². The van der Waals surface area contributed by atoms with Gasteiger partial charge in [0.2, 0.25) is 0 Å². The van der Waals surface area contributed by atoms with Gasteiger partial charge in [-0.3, -0.25) is 4.57 Å². The molecule has 1 saturated heterocycles. The molecule has 0 bridgehead atoms. The number of hydrogen-bond donors (Lipinski definition) is 12. The van der Waals surface area contributed by atoms with Crippen molar-refractivity contribution in [2.45, 2.75) is 43.2 Å². The Bertz CT molecular complexity index is 1940. The summed E-state index contributed by atoms with van der Waals surface area (Å²) in [6.45, 7) is -0.453. The minimum atomic E-state index is -1.31. The van der Waals surface area contributed by atoms with Crippen molar-refractivity contribution in [3.05, 3.63) is 75.8 Å². The first kappa shape index (κ1) is 35.2. The monoisotopic (exact) mass is 701 g/mol. The number of esters is 1. The number of carbonyl (C=O) groups excluding carboxylic acids is 1. The molecule has 0 spiro atoms. The summed E-state index contributed by atoms with van der Waals surface area (Å²) in [6, 6.07) is 7.55. The summed E-state index contributed by atoms with van der Waals surface area (Å²) >= 11 is 0. The van der Waals surface area contributed by atoms with Crippen LogP contribution in [0, 0.1) is 0 Å². The van der Waals surface area contributed by atoms with Gasteiger partial charge in [-0.1, -0.05) is 0 Å². The zero-order valence-electron chi connectivity index (χ0n) is 25.4. The molecule has 6 atom stereocenters. The van der Waals surface area contributed by atoms with Gasteiger partial charge in [-0.25, -0.2) is 9.59 Å². The average Bonchev–Trinajstić information content (AvgIpc) is 3.34. The fourth-order valence-electron chi connectivity index (χ4n) is 5.28. The molecule has 19 nitrogen and oxygen atoms in total. The molecule has 0 saturated carbocycles. The van der Waals surface area contributed by atoms with Crippen molar-refractivity contribution in [3.63, 3.8) is 0 Å². The third-order valence-corrected chi connectivity index (χ3v) is 7.79. The molecule has 1 aromatic heterocycles. The van der Waals surface area contributed by atoms with E-state index in [9.17, 15) is 60.7 Å². The van der Waals surface area contributed by atoms with Crippen LogP contribution in [-0.2, 0) is 15.9 Å². The average molecular weight is 702 g/mol. The van der Waals surface area contributed by atoms with E-state index in [0.717, 1.165) is 34.9 Å². The molecule has 19 heteroatoms. The van der Waals surface area contributed by atoms with E-state index >= 15 is 0 Å². The number of nitrogen functional groups attached to an aromatic ring is 1. The Morgan fingerprint density at radius 1 is 0.880 bits per heavy atom. The predicted molar refractivity (Wildman–Crippen MR) is 165 cm³/mol. The van der Waals surface area contributed by atoms with Crippen LogP contribution in [0.2, 0.25) is 0 Å². The number of aromatic hydroxyl groups is 8. The zero-order valence-corrected chi connectivity index (χ0v) is 25.4. The molecule has 2 aliphatic rings. The Hall–Kier alpha value is -6.15. The summed E-state index contributed by atoms with van der Waals surface area (Å²) in [7, 11) is 0. The lowest BCUT2D eigenvalue weighted by Gasteiger charge is -2.34. The Labute approximate surface area is 279 Å². The lowest BCUT2D eigenvalue weighted by Crippen LogP contribution is -2.36. The number of fused-ring (bicyclic) bond motifs is 1. The summed E-state index contributed by atoms with van der Waals surface area (Å²) in [5.74, 6) is -6.01. The highest BCUT2D eigenvalue weighted by Crippen LogP contribution is 2.46. The standard InChI is InChI=1S/C22H18O11.C9H13N3O5/c23-10-5-12(24)11-7-18(33-22(31)9-3-15(27)20(30)16(28)4-9)21(32-17(11)6-10)8-1-13(25)19(29)14(26)2-8;10-5-1-2-12(9(16)11-5)8-7(15)6(14)4(3-13)17-8/h1-6,18,21,23-30H,7H2;1-2,4,6-8,13-15H,3H2,(H2,10,11,16)/t18-,21-;4-,6-,7+,8-/m11/s1. The molecule has 50 heavy (non-hydrogen) atoms. The summed E-state index contributed by atoms with van der Waals surface area (Å²) in [5, 5.41) is 106. The number of aliphatic hydroxyl groups is 3. The third-order valence-electron chi connectivity index (χ3n) is 7.79. The number of carbonyl (C=O) groups is 1. The van der Waals surface area contributed by atoms with Gasteiger partial charge < -0.3 is 76.1 Å². The van der Waals surface area contributed by atoms with Gasteiger partial charge in [0.05, 0.1) is 12.2 Å². The van der Waals surface area contributed by atoms with Crippen molar-refractivity contribution < 1.29 is 75.2 Å². The van der Waals surface area contributed by atoms with Crippen molar-refractivity contribution in [1.29, 1.82) is 0 Å². The SMILES string of the molecule is Nc1ccn([C@@H]2O[C@H](CO)[C@@H](O)[C@@H]2O)c(=O)n1.O=C(O[C@@H]1Cc2c(O)cc(O)cc2O[C@@H]1c1cc(O)c(O)c(O)c1)c1cc(O)c(O)c(O)c1. The molecule has 6 rings (SSSR count). The largest absolute Gasteiger partial charge is 0.508 e. The fourth-order valence-corrected chi connectivity index (χ4v) is 5.28. The first-order valence-electron chi connectivity index (χ1n) is 14.5. The molecule has 13 N–H and O–H groups in total. The Kier molecular flexibility index (Phi) is 9.68. The smallest absolute Gasteiger partial charge is 0.351 e. The first-order valence-corrected chi connectivity index (χ1v) is 14.5. The maximum atomic E-state index is 12.7. The van der Waals surface area contributed by atoms with Crippen LogP contribution >= 0.6 is 0 Å². The highest BCUT2D eigenvalue weighted by Gasteiger charge is 2.44. The van der Waals surface area contributed by atoms with E-state index in [1.165, 1.54) is 18.3 Å². The maximum absolute atomic E-state index is 12.7. The van der Waals surface area contributed by atoms with Crippen molar-refractivity contribution in [2.75, 3.05) is 12.3 Å². The van der Waals surface area contributed by atoms with Crippen molar-refractivity contribution >= 4 is 11.8 Å². The summed E-state index contributed by atoms with van der Waals surface area (Å²) in [5.41, 5.74) is 4.61. The zero-order chi connectivity index (χ0) is 36.6. The number of phenolic OH excluding ortho intramolecular Hbond substituents is 8. The number of benzene rings is 3. The van der Waals surface area contributed by atoms with Crippen LogP contribution in [-0.4, -0.2) is 103 Å². The molecule has 0 unspecified atom stereocenters. The second kappa shape index (κ2) is 13.8. The number of aromatic nitrogens is 2. The van der Waals surface area contributed by atoms with Gasteiger partial charge in [-0.05, 0) is 30.3 Å². The molecule has 0 radical (unpaired) electrons. The molecule has 2 aliphatic heterocycles. The van der Waals surface area contributed by atoms with Crippen LogP contribution < -0.4 is 16.2 Å². The van der Waals surface area contributed by atoms with Crippen LogP contribution in [0.4, 0.5) is 5.82 Å². The number of aliphatic hydroxyl groups excluding tert-OH is 3. The van der Waals surface area contributed by atoms with E-state index in [1.54, 1.807) is 0 Å². The van der Waals surface area contributed by atoms with Gasteiger partial charge >= 0.3 is 11.7 Å². The Balaban J connectivity index is 0.000000240. The van der Waals surface area contributed by atoms with E-state index in [0.29, 0.717) is 0 Å². The molecular formula is C31H31N3O16. The number of nitrogens with zero attached hydrogens (tertiary/aromatic N) is 2. The third kappa shape index (κ3) is 6.87. The summed E-state index contributed by atoms with van der Waals surface area (Å²) in [4.78, 5) is 27.7. The molecule has 0 amide bonds. The second-order valence-corrected chi connectivity index (χ2v) is 11.2. The van der Waals surface area contributed by atoms with Gasteiger partial charge in [-0.2, -0.15) is 4.98 Å². The lowest BCUT2D eigenvalue weighted by molar-refractivity contribution is -0.0549. The van der Waals surface area contributed by atoms with Crippen LogP contribution in [0.15, 0.2) is 53.5 Å². The molecule has 266 valence electrons. The van der Waals surface area contributed by atoms with Gasteiger partial charge in [0.25, 0.3) is 0 Å². The topological polar surface area (TPSA) is 328 Å². The highest BCUT2D eigenvalue weighted by atomic mass is 16.6. The number of anilines is 1. The fraction of sp³-hybridized carbons (Fsp3) is 0.258. The quantitative estimate of drug-likeness (QED) is 0.0936. The summed E-state index contributed by atoms with van der Waals surface area (Å²) < 4.78 is 17.5. The molecule has 1 fully saturated rings. The van der Waals surface area contributed by atoms with E-state index in [1.807, 2.05) is 0 Å². The molecule has 0 aliphatic carbocycles. The van der Waals surface area contributed by atoms with Crippen LogP contribution in [0.3, 0.4) is 0 Å². The minimum absolute atomic E-state index is 0.0526. The number of hydrogen-bond acceptors (Lipinski definition) is 18. The van der Waals surface area contributed by atoms with Crippen LogP contribution in [0.5, 0.6) is 51.7 Å². The van der Waals surface area contributed by atoms with Crippen molar-refractivity contribution in [3.8, 4) is 51.7 Å². The number of rotatable bonds is 5. The van der Waals surface area contributed by atoms with E-state index in [2.05, 4.69) is 4.98 Å². The Morgan fingerprint density at radius 2 is 1.48 bits per heavy atom.